The van der Waals surface area contributed by atoms with Crippen molar-refractivity contribution in [3.63, 3.8) is 0 Å². The first-order valence-corrected chi connectivity index (χ1v) is 10.1. The van der Waals surface area contributed by atoms with Crippen molar-refractivity contribution in [2.45, 2.75) is 37.7 Å². The van der Waals surface area contributed by atoms with Crippen LogP contribution in [-0.2, 0) is 11.2 Å². The Balaban J connectivity index is 1.61. The average molecular weight is 405 g/mol. The van der Waals surface area contributed by atoms with Gasteiger partial charge >= 0.3 is 0 Å². The fourth-order valence-corrected chi connectivity index (χ4v) is 3.67. The Morgan fingerprint density at radius 1 is 1.37 bits per heavy atom. The fraction of sp³-hybridized carbons (Fsp3) is 0.333. The molecule has 2 heterocycles. The van der Waals surface area contributed by atoms with Crippen LogP contribution in [0.25, 0.3) is 0 Å². The standard InChI is InChI=1S/C18H20N4O3S2/c1-10-5-6-15(24-4)14(7-10)20-17(23)11(2)27-18-22-21-16(25-18)8-13-9-26-12(3)19-13/h5-7,9,11H,8H2,1-4H3,(H,20,23)/t11-/m0/s1. The lowest BCUT2D eigenvalue weighted by atomic mass is 10.2. The molecular weight excluding hydrogens is 384 g/mol. The number of hydrogen-bond acceptors (Lipinski definition) is 8. The number of carbonyl (C=O) groups is 1. The van der Waals surface area contributed by atoms with E-state index < -0.39 is 5.25 Å². The van der Waals surface area contributed by atoms with Crippen molar-refractivity contribution in [2.75, 3.05) is 12.4 Å². The van der Waals surface area contributed by atoms with E-state index in [1.807, 2.05) is 37.4 Å². The maximum absolute atomic E-state index is 12.5. The summed E-state index contributed by atoms with van der Waals surface area (Å²) in [7, 11) is 1.57. The Morgan fingerprint density at radius 3 is 2.89 bits per heavy atom. The van der Waals surface area contributed by atoms with E-state index in [2.05, 4.69) is 20.5 Å². The van der Waals surface area contributed by atoms with Gasteiger partial charge in [-0.05, 0) is 38.5 Å². The zero-order chi connectivity index (χ0) is 19.4. The fourth-order valence-electron chi connectivity index (χ4n) is 2.36. The van der Waals surface area contributed by atoms with Crippen molar-refractivity contribution in [3.8, 4) is 5.75 Å². The summed E-state index contributed by atoms with van der Waals surface area (Å²) in [5, 5.41) is 13.8. The number of rotatable bonds is 7. The Bertz CT molecular complexity index is 938. The predicted molar refractivity (Wildman–Crippen MR) is 106 cm³/mol. The van der Waals surface area contributed by atoms with E-state index in [1.54, 1.807) is 25.4 Å². The molecule has 0 aliphatic heterocycles. The number of ether oxygens (including phenoxy) is 1. The summed E-state index contributed by atoms with van der Waals surface area (Å²) in [4.78, 5) is 16.9. The molecule has 0 bridgehead atoms. The Kier molecular flexibility index (Phi) is 6.12. The van der Waals surface area contributed by atoms with Gasteiger partial charge in [-0.1, -0.05) is 17.8 Å². The molecule has 7 nitrogen and oxygen atoms in total. The van der Waals surface area contributed by atoms with Gasteiger partial charge in [0.05, 0.1) is 35.2 Å². The molecule has 1 N–H and O–H groups in total. The highest BCUT2D eigenvalue weighted by molar-refractivity contribution is 8.00. The zero-order valence-corrected chi connectivity index (χ0v) is 17.1. The van der Waals surface area contributed by atoms with Gasteiger partial charge in [0.25, 0.3) is 5.22 Å². The highest BCUT2D eigenvalue weighted by Crippen LogP contribution is 2.28. The second-order valence-corrected chi connectivity index (χ2v) is 8.30. The van der Waals surface area contributed by atoms with Crippen LogP contribution in [0.15, 0.2) is 33.2 Å². The lowest BCUT2D eigenvalue weighted by Crippen LogP contribution is -2.22. The maximum Gasteiger partial charge on any atom is 0.277 e. The highest BCUT2D eigenvalue weighted by atomic mass is 32.2. The maximum atomic E-state index is 12.5. The summed E-state index contributed by atoms with van der Waals surface area (Å²) in [5.74, 6) is 0.930. The molecule has 0 aliphatic carbocycles. The van der Waals surface area contributed by atoms with Gasteiger partial charge in [0.1, 0.15) is 5.75 Å². The van der Waals surface area contributed by atoms with Crippen LogP contribution in [0, 0.1) is 13.8 Å². The number of amides is 1. The number of nitrogens with one attached hydrogen (secondary N) is 1. The number of aryl methyl sites for hydroxylation is 2. The summed E-state index contributed by atoms with van der Waals surface area (Å²) >= 11 is 2.79. The summed E-state index contributed by atoms with van der Waals surface area (Å²) in [6.07, 6.45) is 0.485. The molecule has 0 aliphatic rings. The molecule has 0 unspecified atom stereocenters. The van der Waals surface area contributed by atoms with Gasteiger partial charge in [-0.3, -0.25) is 4.79 Å². The Labute approximate surface area is 165 Å². The lowest BCUT2D eigenvalue weighted by molar-refractivity contribution is -0.115. The highest BCUT2D eigenvalue weighted by Gasteiger charge is 2.20. The molecule has 0 spiro atoms. The third-order valence-electron chi connectivity index (χ3n) is 3.71. The molecule has 0 radical (unpaired) electrons. The van der Waals surface area contributed by atoms with Crippen LogP contribution in [-0.4, -0.2) is 33.4 Å². The van der Waals surface area contributed by atoms with Crippen LogP contribution in [0.2, 0.25) is 0 Å². The number of aromatic nitrogens is 3. The first-order chi connectivity index (χ1) is 12.9. The summed E-state index contributed by atoms with van der Waals surface area (Å²) < 4.78 is 10.9. The number of thioether (sulfide) groups is 1. The van der Waals surface area contributed by atoms with E-state index in [0.717, 1.165) is 16.3 Å². The first kappa shape index (κ1) is 19.4. The molecule has 3 rings (SSSR count). The quantitative estimate of drug-likeness (QED) is 0.598. The van der Waals surface area contributed by atoms with E-state index in [9.17, 15) is 4.79 Å². The molecule has 2 aromatic heterocycles. The summed E-state index contributed by atoms with van der Waals surface area (Å²) in [6.45, 7) is 5.69. The van der Waals surface area contributed by atoms with E-state index in [0.29, 0.717) is 29.0 Å². The SMILES string of the molecule is COc1ccc(C)cc1NC(=O)[C@H](C)Sc1nnc(Cc2csc(C)n2)o1. The Hall–Kier alpha value is -2.39. The van der Waals surface area contributed by atoms with Crippen LogP contribution >= 0.6 is 23.1 Å². The van der Waals surface area contributed by atoms with Crippen LogP contribution in [0.3, 0.4) is 0 Å². The number of carbonyl (C=O) groups excluding carboxylic acids is 1. The van der Waals surface area contributed by atoms with E-state index in [4.69, 9.17) is 9.15 Å². The van der Waals surface area contributed by atoms with Crippen molar-refractivity contribution < 1.29 is 13.9 Å². The van der Waals surface area contributed by atoms with Gasteiger partial charge in [-0.2, -0.15) is 0 Å². The van der Waals surface area contributed by atoms with Crippen molar-refractivity contribution in [3.05, 3.63) is 45.7 Å². The predicted octanol–water partition coefficient (Wildman–Crippen LogP) is 3.86. The number of hydrogen-bond donors (Lipinski definition) is 1. The smallest absolute Gasteiger partial charge is 0.277 e. The normalized spacial score (nSPS) is 12.0. The molecule has 0 saturated heterocycles. The minimum atomic E-state index is -0.412. The topological polar surface area (TPSA) is 90.1 Å². The number of anilines is 1. The molecule has 1 amide bonds. The van der Waals surface area contributed by atoms with Gasteiger partial charge in [0.2, 0.25) is 11.8 Å². The van der Waals surface area contributed by atoms with Crippen molar-refractivity contribution in [2.24, 2.45) is 0 Å². The number of thiazole rings is 1. The molecular formula is C18H20N4O3S2. The van der Waals surface area contributed by atoms with Crippen molar-refractivity contribution >= 4 is 34.7 Å². The number of benzene rings is 1. The van der Waals surface area contributed by atoms with Gasteiger partial charge in [-0.25, -0.2) is 4.98 Å². The largest absolute Gasteiger partial charge is 0.495 e. The zero-order valence-electron chi connectivity index (χ0n) is 15.5. The van der Waals surface area contributed by atoms with Crippen LogP contribution < -0.4 is 10.1 Å². The third-order valence-corrected chi connectivity index (χ3v) is 5.46. The first-order valence-electron chi connectivity index (χ1n) is 8.30. The van der Waals surface area contributed by atoms with Crippen LogP contribution in [0.1, 0.15) is 29.1 Å². The Morgan fingerprint density at radius 2 is 2.19 bits per heavy atom. The van der Waals surface area contributed by atoms with E-state index >= 15 is 0 Å². The lowest BCUT2D eigenvalue weighted by Gasteiger charge is -2.13. The molecule has 9 heteroatoms. The van der Waals surface area contributed by atoms with Gasteiger partial charge < -0.3 is 14.5 Å². The van der Waals surface area contributed by atoms with Crippen molar-refractivity contribution in [1.29, 1.82) is 0 Å². The van der Waals surface area contributed by atoms with E-state index in [1.165, 1.54) is 11.8 Å². The summed E-state index contributed by atoms with van der Waals surface area (Å²) in [6, 6.07) is 5.62. The number of methoxy groups -OCH3 is 1. The monoisotopic (exact) mass is 404 g/mol. The average Bonchev–Trinajstić information content (AvgIpc) is 3.24. The number of nitrogens with zero attached hydrogens (tertiary/aromatic N) is 3. The third kappa shape index (κ3) is 5.08. The molecule has 0 saturated carbocycles. The molecule has 142 valence electrons. The molecule has 1 aromatic carbocycles. The molecule has 27 heavy (non-hydrogen) atoms. The molecule has 3 aromatic rings. The minimum Gasteiger partial charge on any atom is -0.495 e. The van der Waals surface area contributed by atoms with Crippen molar-refractivity contribution in [1.82, 2.24) is 15.2 Å². The van der Waals surface area contributed by atoms with E-state index in [-0.39, 0.29) is 5.91 Å². The summed E-state index contributed by atoms with van der Waals surface area (Å²) in [5.41, 5.74) is 2.57. The second kappa shape index (κ2) is 8.53. The van der Waals surface area contributed by atoms with Gasteiger partial charge in [-0.15, -0.1) is 21.5 Å². The van der Waals surface area contributed by atoms with Gasteiger partial charge in [0.15, 0.2) is 0 Å². The molecule has 0 fully saturated rings. The van der Waals surface area contributed by atoms with Crippen LogP contribution in [0.4, 0.5) is 5.69 Å². The minimum absolute atomic E-state index is 0.168. The second-order valence-electron chi connectivity index (χ2n) is 5.95. The molecule has 1 atom stereocenters. The van der Waals surface area contributed by atoms with Crippen LogP contribution in [0.5, 0.6) is 5.75 Å². The van der Waals surface area contributed by atoms with Gasteiger partial charge in [0, 0.05) is 5.38 Å².